The molecule has 0 radical (unpaired) electrons. The van der Waals surface area contributed by atoms with Crippen LogP contribution in [0.15, 0.2) is 18.2 Å². The number of alkyl halides is 3. The standard InChI is InChI=1S/C14H12F4N2O/c15-11-5-4-8(6-10(11)14(16,17)18)13(21)20-12-3-1-2-9(12)7-19/h4-6,9,12H,1-3H2,(H,20,21). The quantitative estimate of drug-likeness (QED) is 0.852. The third kappa shape index (κ3) is 3.32. The Kier molecular flexibility index (Phi) is 4.16. The fourth-order valence-corrected chi connectivity index (χ4v) is 2.42. The Hall–Kier alpha value is -2.10. The average molecular weight is 300 g/mol. The molecule has 0 aliphatic heterocycles. The Morgan fingerprint density at radius 2 is 2.05 bits per heavy atom. The molecule has 0 spiro atoms. The van der Waals surface area contributed by atoms with E-state index in [9.17, 15) is 22.4 Å². The van der Waals surface area contributed by atoms with Crippen LogP contribution < -0.4 is 5.32 Å². The lowest BCUT2D eigenvalue weighted by atomic mass is 10.0. The molecule has 7 heteroatoms. The van der Waals surface area contributed by atoms with Gasteiger partial charge >= 0.3 is 6.18 Å². The summed E-state index contributed by atoms with van der Waals surface area (Å²) in [5.74, 6) is -2.49. The number of carbonyl (C=O) groups is 1. The summed E-state index contributed by atoms with van der Waals surface area (Å²) < 4.78 is 51.0. The zero-order valence-electron chi connectivity index (χ0n) is 10.9. The number of nitrogens with zero attached hydrogens (tertiary/aromatic N) is 1. The molecule has 2 atom stereocenters. The highest BCUT2D eigenvalue weighted by atomic mass is 19.4. The molecule has 1 amide bonds. The van der Waals surface area contributed by atoms with Crippen LogP contribution in [-0.2, 0) is 6.18 Å². The first kappa shape index (κ1) is 15.3. The monoisotopic (exact) mass is 300 g/mol. The second-order valence-corrected chi connectivity index (χ2v) is 4.94. The minimum atomic E-state index is -4.86. The Labute approximate surface area is 118 Å². The number of rotatable bonds is 2. The molecule has 0 aromatic heterocycles. The van der Waals surface area contributed by atoms with E-state index in [0.29, 0.717) is 25.0 Å². The van der Waals surface area contributed by atoms with Crippen LogP contribution in [0, 0.1) is 23.1 Å². The summed E-state index contributed by atoms with van der Waals surface area (Å²) in [5.41, 5.74) is -1.74. The number of hydrogen-bond acceptors (Lipinski definition) is 2. The molecule has 0 heterocycles. The zero-order valence-corrected chi connectivity index (χ0v) is 10.9. The van der Waals surface area contributed by atoms with E-state index in [-0.39, 0.29) is 17.5 Å². The van der Waals surface area contributed by atoms with Gasteiger partial charge in [-0.2, -0.15) is 18.4 Å². The predicted molar refractivity (Wildman–Crippen MR) is 65.6 cm³/mol. The molecule has 0 bridgehead atoms. The van der Waals surface area contributed by atoms with Gasteiger partial charge in [-0.1, -0.05) is 0 Å². The van der Waals surface area contributed by atoms with E-state index in [1.54, 1.807) is 0 Å². The third-order valence-electron chi connectivity index (χ3n) is 3.53. The number of hydrogen-bond donors (Lipinski definition) is 1. The Morgan fingerprint density at radius 1 is 1.33 bits per heavy atom. The number of amides is 1. The molecule has 1 aliphatic rings. The Bertz CT molecular complexity index is 592. The van der Waals surface area contributed by atoms with Crippen LogP contribution in [0.5, 0.6) is 0 Å². The predicted octanol–water partition coefficient (Wildman–Crippen LogP) is 3.27. The molecule has 3 nitrogen and oxygen atoms in total. The number of nitriles is 1. The first-order valence-corrected chi connectivity index (χ1v) is 6.40. The number of nitrogens with one attached hydrogen (secondary N) is 1. The molecule has 1 aromatic carbocycles. The van der Waals surface area contributed by atoms with Gasteiger partial charge in [0.25, 0.3) is 5.91 Å². The summed E-state index contributed by atoms with van der Waals surface area (Å²) in [7, 11) is 0. The summed E-state index contributed by atoms with van der Waals surface area (Å²) in [5, 5.41) is 11.5. The molecule has 2 rings (SSSR count). The van der Waals surface area contributed by atoms with Crippen LogP contribution in [0.3, 0.4) is 0 Å². The van der Waals surface area contributed by atoms with Crippen molar-refractivity contribution in [2.45, 2.75) is 31.5 Å². The van der Waals surface area contributed by atoms with E-state index >= 15 is 0 Å². The van der Waals surface area contributed by atoms with Crippen molar-refractivity contribution in [2.75, 3.05) is 0 Å². The highest BCUT2D eigenvalue weighted by Crippen LogP contribution is 2.32. The molecule has 1 saturated carbocycles. The second kappa shape index (κ2) is 5.72. The molecular weight excluding hydrogens is 288 g/mol. The summed E-state index contributed by atoms with van der Waals surface area (Å²) in [6.45, 7) is 0. The first-order chi connectivity index (χ1) is 9.82. The average Bonchev–Trinajstić information content (AvgIpc) is 2.85. The highest BCUT2D eigenvalue weighted by molar-refractivity contribution is 5.94. The van der Waals surface area contributed by atoms with Gasteiger partial charge in [0.2, 0.25) is 0 Å². The van der Waals surface area contributed by atoms with Gasteiger partial charge in [-0.3, -0.25) is 4.79 Å². The first-order valence-electron chi connectivity index (χ1n) is 6.40. The minimum absolute atomic E-state index is 0.271. The maximum absolute atomic E-state index is 13.2. The highest BCUT2D eigenvalue weighted by Gasteiger charge is 2.35. The number of carbonyl (C=O) groups excluding carboxylic acids is 1. The lowest BCUT2D eigenvalue weighted by Gasteiger charge is -2.16. The van der Waals surface area contributed by atoms with E-state index in [4.69, 9.17) is 5.26 Å². The Balaban J connectivity index is 2.19. The molecule has 1 aliphatic carbocycles. The fraction of sp³-hybridized carbons (Fsp3) is 0.429. The van der Waals surface area contributed by atoms with Crippen molar-refractivity contribution in [3.63, 3.8) is 0 Å². The van der Waals surface area contributed by atoms with Crippen LogP contribution in [0.2, 0.25) is 0 Å². The normalized spacial score (nSPS) is 21.9. The lowest BCUT2D eigenvalue weighted by Crippen LogP contribution is -2.37. The van der Waals surface area contributed by atoms with E-state index in [1.807, 2.05) is 0 Å². The van der Waals surface area contributed by atoms with Gasteiger partial charge in [-0.05, 0) is 37.5 Å². The molecule has 1 fully saturated rings. The summed E-state index contributed by atoms with van der Waals surface area (Å²) >= 11 is 0. The van der Waals surface area contributed by atoms with E-state index in [1.165, 1.54) is 0 Å². The number of halogens is 4. The molecule has 21 heavy (non-hydrogen) atoms. The van der Waals surface area contributed by atoms with Crippen molar-refractivity contribution in [3.8, 4) is 6.07 Å². The maximum atomic E-state index is 13.2. The van der Waals surface area contributed by atoms with Crippen molar-refractivity contribution >= 4 is 5.91 Å². The maximum Gasteiger partial charge on any atom is 0.419 e. The summed E-state index contributed by atoms with van der Waals surface area (Å²) in [4.78, 5) is 11.9. The SMILES string of the molecule is N#CC1CCCC1NC(=O)c1ccc(F)c(C(F)(F)F)c1. The lowest BCUT2D eigenvalue weighted by molar-refractivity contribution is -0.140. The van der Waals surface area contributed by atoms with Gasteiger partial charge in [0.1, 0.15) is 5.82 Å². The van der Waals surface area contributed by atoms with Gasteiger partial charge in [-0.15, -0.1) is 0 Å². The van der Waals surface area contributed by atoms with Crippen molar-refractivity contribution in [1.82, 2.24) is 5.32 Å². The van der Waals surface area contributed by atoms with Gasteiger partial charge < -0.3 is 5.32 Å². The van der Waals surface area contributed by atoms with Crippen molar-refractivity contribution in [1.29, 1.82) is 5.26 Å². The van der Waals surface area contributed by atoms with Crippen LogP contribution in [0.1, 0.15) is 35.2 Å². The summed E-state index contributed by atoms with van der Waals surface area (Å²) in [6, 6.07) is 3.79. The topological polar surface area (TPSA) is 52.9 Å². The fourth-order valence-electron chi connectivity index (χ4n) is 2.42. The van der Waals surface area contributed by atoms with E-state index < -0.39 is 23.5 Å². The largest absolute Gasteiger partial charge is 0.419 e. The van der Waals surface area contributed by atoms with Crippen LogP contribution in [-0.4, -0.2) is 11.9 Å². The van der Waals surface area contributed by atoms with Gasteiger partial charge in [0.15, 0.2) is 0 Å². The van der Waals surface area contributed by atoms with Crippen molar-refractivity contribution in [3.05, 3.63) is 35.1 Å². The minimum Gasteiger partial charge on any atom is -0.348 e. The summed E-state index contributed by atoms with van der Waals surface area (Å²) in [6.07, 6.45) is -2.82. The number of benzene rings is 1. The van der Waals surface area contributed by atoms with E-state index in [0.717, 1.165) is 12.5 Å². The molecule has 0 saturated heterocycles. The molecule has 2 unspecified atom stereocenters. The molecule has 112 valence electrons. The van der Waals surface area contributed by atoms with E-state index in [2.05, 4.69) is 11.4 Å². The van der Waals surface area contributed by atoms with Crippen LogP contribution in [0.4, 0.5) is 17.6 Å². The third-order valence-corrected chi connectivity index (χ3v) is 3.53. The molecule has 1 N–H and O–H groups in total. The molecular formula is C14H12F4N2O. The van der Waals surface area contributed by atoms with Crippen molar-refractivity contribution < 1.29 is 22.4 Å². The zero-order chi connectivity index (χ0) is 15.6. The van der Waals surface area contributed by atoms with Crippen LogP contribution >= 0.6 is 0 Å². The van der Waals surface area contributed by atoms with Gasteiger partial charge in [0, 0.05) is 11.6 Å². The van der Waals surface area contributed by atoms with Gasteiger partial charge in [0.05, 0.1) is 17.6 Å². The smallest absolute Gasteiger partial charge is 0.348 e. The Morgan fingerprint density at radius 3 is 2.67 bits per heavy atom. The second-order valence-electron chi connectivity index (χ2n) is 4.94. The van der Waals surface area contributed by atoms with Crippen LogP contribution in [0.25, 0.3) is 0 Å². The van der Waals surface area contributed by atoms with Gasteiger partial charge in [-0.25, -0.2) is 4.39 Å². The van der Waals surface area contributed by atoms with Crippen molar-refractivity contribution in [2.24, 2.45) is 5.92 Å². The molecule has 1 aromatic rings.